The van der Waals surface area contributed by atoms with Crippen LogP contribution in [0.15, 0.2) is 67.3 Å². The van der Waals surface area contributed by atoms with E-state index in [-0.39, 0.29) is 5.91 Å². The number of rotatable bonds is 4. The summed E-state index contributed by atoms with van der Waals surface area (Å²) in [5.41, 5.74) is 4.57. The molecule has 0 bridgehead atoms. The molecule has 28 heavy (non-hydrogen) atoms. The van der Waals surface area contributed by atoms with Gasteiger partial charge in [0.15, 0.2) is 0 Å². The number of aryl methyl sites for hydroxylation is 2. The van der Waals surface area contributed by atoms with Gasteiger partial charge in [0.2, 0.25) is 0 Å². The van der Waals surface area contributed by atoms with Crippen LogP contribution in [0.4, 0.5) is 5.69 Å². The van der Waals surface area contributed by atoms with Gasteiger partial charge in [0.1, 0.15) is 11.4 Å². The van der Waals surface area contributed by atoms with E-state index in [1.54, 1.807) is 36.5 Å². The van der Waals surface area contributed by atoms with Crippen LogP contribution >= 0.6 is 0 Å². The van der Waals surface area contributed by atoms with Crippen LogP contribution in [-0.4, -0.2) is 30.6 Å². The van der Waals surface area contributed by atoms with E-state index >= 15 is 0 Å². The minimum absolute atomic E-state index is 0.298. The van der Waals surface area contributed by atoms with Gasteiger partial charge in [0.25, 0.3) is 5.91 Å². The first kappa shape index (κ1) is 17.5. The van der Waals surface area contributed by atoms with Crippen LogP contribution in [0, 0.1) is 6.92 Å². The largest absolute Gasteiger partial charge is 0.317 e. The van der Waals surface area contributed by atoms with Crippen molar-refractivity contribution in [3.05, 3.63) is 78.5 Å². The predicted octanol–water partition coefficient (Wildman–Crippen LogP) is 3.50. The molecule has 0 radical (unpaired) electrons. The molecule has 0 unspecified atom stereocenters. The number of anilines is 1. The summed E-state index contributed by atoms with van der Waals surface area (Å²) >= 11 is 0. The Hall–Kier alpha value is -3.87. The zero-order chi connectivity index (χ0) is 19.5. The number of hydrogen-bond acceptors (Lipinski definition) is 5. The van der Waals surface area contributed by atoms with Crippen molar-refractivity contribution in [2.24, 2.45) is 7.05 Å². The first-order valence-corrected chi connectivity index (χ1v) is 8.76. The lowest BCUT2D eigenvalue weighted by molar-refractivity contribution is 0.102. The average molecular weight is 370 g/mol. The molecule has 0 spiro atoms. The highest BCUT2D eigenvalue weighted by Crippen LogP contribution is 2.25. The number of carbonyl (C=O) groups excluding carboxylic acids is 1. The SMILES string of the molecule is Cc1ccc(-c2cccnc2)nc1C(=O)Nc1cn(C)nc1-c1ccccn1. The van der Waals surface area contributed by atoms with E-state index in [2.05, 4.69) is 25.4 Å². The molecular weight excluding hydrogens is 352 g/mol. The summed E-state index contributed by atoms with van der Waals surface area (Å²) in [7, 11) is 1.80. The van der Waals surface area contributed by atoms with Gasteiger partial charge in [-0.2, -0.15) is 5.10 Å². The number of carbonyl (C=O) groups is 1. The highest BCUT2D eigenvalue weighted by molar-refractivity contribution is 6.05. The number of nitrogens with zero attached hydrogens (tertiary/aromatic N) is 5. The summed E-state index contributed by atoms with van der Waals surface area (Å²) in [4.78, 5) is 26.0. The molecule has 0 saturated heterocycles. The second-order valence-electron chi connectivity index (χ2n) is 6.34. The lowest BCUT2D eigenvalue weighted by atomic mass is 10.1. The van der Waals surface area contributed by atoms with Crippen LogP contribution in [0.25, 0.3) is 22.6 Å². The van der Waals surface area contributed by atoms with E-state index in [1.807, 2.05) is 49.4 Å². The molecule has 0 aliphatic rings. The van der Waals surface area contributed by atoms with Crippen molar-refractivity contribution in [2.75, 3.05) is 5.32 Å². The molecule has 7 heteroatoms. The van der Waals surface area contributed by atoms with Crippen molar-refractivity contribution in [1.29, 1.82) is 0 Å². The predicted molar refractivity (Wildman–Crippen MR) is 107 cm³/mol. The highest BCUT2D eigenvalue weighted by atomic mass is 16.1. The van der Waals surface area contributed by atoms with Gasteiger partial charge in [-0.25, -0.2) is 4.98 Å². The lowest BCUT2D eigenvalue weighted by Crippen LogP contribution is -2.16. The molecule has 4 rings (SSSR count). The summed E-state index contributed by atoms with van der Waals surface area (Å²) in [6.45, 7) is 1.86. The maximum atomic E-state index is 13.0. The van der Waals surface area contributed by atoms with E-state index < -0.39 is 0 Å². The van der Waals surface area contributed by atoms with Gasteiger partial charge in [-0.15, -0.1) is 0 Å². The van der Waals surface area contributed by atoms with Gasteiger partial charge in [-0.1, -0.05) is 12.1 Å². The van der Waals surface area contributed by atoms with E-state index in [4.69, 9.17) is 0 Å². The maximum absolute atomic E-state index is 13.0. The second kappa shape index (κ2) is 7.40. The zero-order valence-electron chi connectivity index (χ0n) is 15.5. The van der Waals surface area contributed by atoms with Crippen LogP contribution in [0.1, 0.15) is 16.1 Å². The molecule has 7 nitrogen and oxygen atoms in total. The number of aromatic nitrogens is 5. The Labute approximate surface area is 162 Å². The third-order valence-electron chi connectivity index (χ3n) is 4.25. The molecule has 0 saturated carbocycles. The molecule has 4 heterocycles. The molecule has 1 amide bonds. The van der Waals surface area contributed by atoms with Crippen LogP contribution in [-0.2, 0) is 7.05 Å². The van der Waals surface area contributed by atoms with E-state index in [1.165, 1.54) is 0 Å². The van der Waals surface area contributed by atoms with Gasteiger partial charge in [0.05, 0.1) is 17.1 Å². The number of pyridine rings is 3. The second-order valence-corrected chi connectivity index (χ2v) is 6.34. The maximum Gasteiger partial charge on any atom is 0.274 e. The quantitative estimate of drug-likeness (QED) is 0.594. The van der Waals surface area contributed by atoms with Crippen molar-refractivity contribution in [1.82, 2.24) is 24.7 Å². The standard InChI is InChI=1S/C21H18N6O/c1-14-8-9-16(15-6-5-10-22-12-15)24-19(14)21(28)25-18-13-27(2)26-20(18)17-7-3-4-11-23-17/h3-13H,1-2H3,(H,25,28). The highest BCUT2D eigenvalue weighted by Gasteiger charge is 2.18. The molecule has 138 valence electrons. The topological polar surface area (TPSA) is 85.6 Å². The fraction of sp³-hybridized carbons (Fsp3) is 0.0952. The summed E-state index contributed by atoms with van der Waals surface area (Å²) < 4.78 is 1.64. The Balaban J connectivity index is 1.67. The van der Waals surface area contributed by atoms with Crippen LogP contribution in [0.2, 0.25) is 0 Å². The summed E-state index contributed by atoms with van der Waals surface area (Å²) in [6, 6.07) is 13.1. The minimum atomic E-state index is -0.298. The average Bonchev–Trinajstić information content (AvgIpc) is 3.09. The molecule has 0 aliphatic carbocycles. The first-order chi connectivity index (χ1) is 13.6. The van der Waals surface area contributed by atoms with Gasteiger partial charge >= 0.3 is 0 Å². The fourth-order valence-corrected chi connectivity index (χ4v) is 2.89. The van der Waals surface area contributed by atoms with Crippen molar-refractivity contribution < 1.29 is 4.79 Å². The van der Waals surface area contributed by atoms with Gasteiger partial charge in [-0.3, -0.25) is 19.4 Å². The Kier molecular flexibility index (Phi) is 4.63. The van der Waals surface area contributed by atoms with Gasteiger partial charge in [0, 0.05) is 37.4 Å². The minimum Gasteiger partial charge on any atom is -0.317 e. The third-order valence-corrected chi connectivity index (χ3v) is 4.25. The monoisotopic (exact) mass is 370 g/mol. The molecule has 1 N–H and O–H groups in total. The number of amides is 1. The van der Waals surface area contributed by atoms with Gasteiger partial charge < -0.3 is 5.32 Å². The molecule has 0 atom stereocenters. The molecule has 0 aliphatic heterocycles. The Bertz CT molecular complexity index is 1120. The summed E-state index contributed by atoms with van der Waals surface area (Å²) in [5, 5.41) is 7.35. The lowest BCUT2D eigenvalue weighted by Gasteiger charge is -2.09. The smallest absolute Gasteiger partial charge is 0.274 e. The zero-order valence-corrected chi connectivity index (χ0v) is 15.5. The summed E-state index contributed by atoms with van der Waals surface area (Å²) in [5.74, 6) is -0.298. The normalized spacial score (nSPS) is 10.6. The van der Waals surface area contributed by atoms with Crippen LogP contribution in [0.3, 0.4) is 0 Å². The van der Waals surface area contributed by atoms with E-state index in [9.17, 15) is 4.79 Å². The van der Waals surface area contributed by atoms with Gasteiger partial charge in [-0.05, 0) is 42.8 Å². The fourth-order valence-electron chi connectivity index (χ4n) is 2.89. The molecular formula is C21H18N6O. The van der Waals surface area contributed by atoms with Crippen molar-refractivity contribution in [2.45, 2.75) is 6.92 Å². The Morgan fingerprint density at radius 3 is 2.68 bits per heavy atom. The molecule has 4 aromatic rings. The molecule has 0 fully saturated rings. The first-order valence-electron chi connectivity index (χ1n) is 8.76. The van der Waals surface area contributed by atoms with Crippen LogP contribution < -0.4 is 5.32 Å². The summed E-state index contributed by atoms with van der Waals surface area (Å²) in [6.07, 6.45) is 6.87. The number of nitrogens with one attached hydrogen (secondary N) is 1. The third kappa shape index (κ3) is 3.50. The van der Waals surface area contributed by atoms with Crippen molar-refractivity contribution in [3.63, 3.8) is 0 Å². The van der Waals surface area contributed by atoms with Crippen molar-refractivity contribution >= 4 is 11.6 Å². The van der Waals surface area contributed by atoms with E-state index in [0.717, 1.165) is 11.1 Å². The Morgan fingerprint density at radius 1 is 1.04 bits per heavy atom. The molecule has 0 aromatic carbocycles. The van der Waals surface area contributed by atoms with Crippen molar-refractivity contribution in [3.8, 4) is 22.6 Å². The molecule has 4 aromatic heterocycles. The number of hydrogen-bond donors (Lipinski definition) is 1. The van der Waals surface area contributed by atoms with E-state index in [0.29, 0.717) is 28.5 Å². The van der Waals surface area contributed by atoms with Crippen LogP contribution in [0.5, 0.6) is 0 Å². The Morgan fingerprint density at radius 2 is 1.93 bits per heavy atom.